The molecule has 1 aromatic carbocycles. The van der Waals surface area contributed by atoms with Crippen molar-refractivity contribution in [3.63, 3.8) is 0 Å². The van der Waals surface area contributed by atoms with Gasteiger partial charge in [0.2, 0.25) is 0 Å². The molecule has 0 aliphatic heterocycles. The molecule has 0 spiro atoms. The van der Waals surface area contributed by atoms with Crippen LogP contribution in [-0.2, 0) is 4.74 Å². The number of alkyl halides is 1. The Balaban J connectivity index is 1.98. The van der Waals surface area contributed by atoms with Crippen LogP contribution < -0.4 is 4.74 Å². The topological polar surface area (TPSA) is 36.3 Å². The van der Waals surface area contributed by atoms with Crippen molar-refractivity contribution in [3.05, 3.63) is 24.0 Å². The Morgan fingerprint density at radius 2 is 2.19 bits per heavy atom. The monoisotopic (exact) mass is 308 g/mol. The van der Waals surface area contributed by atoms with E-state index in [0.717, 1.165) is 42.1 Å². The molecule has 1 saturated carbocycles. The van der Waals surface area contributed by atoms with Crippen LogP contribution in [-0.4, -0.2) is 29.4 Å². The fourth-order valence-electron chi connectivity index (χ4n) is 3.01. The van der Waals surface area contributed by atoms with Gasteiger partial charge in [-0.1, -0.05) is 0 Å². The third kappa shape index (κ3) is 2.62. The number of methoxy groups -OCH3 is 1. The van der Waals surface area contributed by atoms with Crippen LogP contribution in [0.4, 0.5) is 0 Å². The minimum absolute atomic E-state index is 0.116. The van der Waals surface area contributed by atoms with E-state index in [1.807, 2.05) is 26.0 Å². The number of halogens is 1. The Hall–Kier alpha value is -1.26. The van der Waals surface area contributed by atoms with Gasteiger partial charge in [0, 0.05) is 18.7 Å². The zero-order valence-corrected chi connectivity index (χ0v) is 13.4. The van der Waals surface area contributed by atoms with E-state index in [4.69, 9.17) is 26.1 Å². The van der Waals surface area contributed by atoms with E-state index in [1.165, 1.54) is 0 Å². The minimum Gasteiger partial charge on any atom is -0.497 e. The number of nitrogens with zero attached hydrogens (tertiary/aromatic N) is 2. The summed E-state index contributed by atoms with van der Waals surface area (Å²) in [5.74, 6) is 1.75. The molecule has 1 fully saturated rings. The summed E-state index contributed by atoms with van der Waals surface area (Å²) in [5, 5.41) is -0.116. The van der Waals surface area contributed by atoms with E-state index in [0.29, 0.717) is 12.1 Å². The van der Waals surface area contributed by atoms with Gasteiger partial charge in [-0.05, 0) is 38.8 Å². The lowest BCUT2D eigenvalue weighted by Gasteiger charge is -2.37. The summed E-state index contributed by atoms with van der Waals surface area (Å²) < 4.78 is 13.2. The molecule has 1 aliphatic rings. The Bertz CT molecular complexity index is 632. The molecular formula is C16H21ClN2O2. The molecule has 3 rings (SSSR count). The molecule has 0 bridgehead atoms. The highest BCUT2D eigenvalue weighted by molar-refractivity contribution is 6.20. The second kappa shape index (κ2) is 5.85. The first-order valence-electron chi connectivity index (χ1n) is 7.45. The number of imidazole rings is 1. The molecule has 1 atom stereocenters. The van der Waals surface area contributed by atoms with Gasteiger partial charge in [0.25, 0.3) is 0 Å². The van der Waals surface area contributed by atoms with Crippen molar-refractivity contribution < 1.29 is 9.47 Å². The van der Waals surface area contributed by atoms with Crippen molar-refractivity contribution in [3.8, 4) is 5.75 Å². The maximum absolute atomic E-state index is 6.33. The molecule has 1 heterocycles. The number of rotatable bonds is 5. The van der Waals surface area contributed by atoms with Crippen LogP contribution in [0.1, 0.15) is 43.9 Å². The van der Waals surface area contributed by atoms with Gasteiger partial charge < -0.3 is 14.0 Å². The maximum atomic E-state index is 6.33. The summed E-state index contributed by atoms with van der Waals surface area (Å²) in [6.45, 7) is 4.78. The number of benzene rings is 1. The van der Waals surface area contributed by atoms with Crippen molar-refractivity contribution in [2.45, 2.75) is 44.2 Å². The number of ether oxygens (including phenoxy) is 2. The van der Waals surface area contributed by atoms with Gasteiger partial charge in [-0.3, -0.25) is 0 Å². The number of hydrogen-bond acceptors (Lipinski definition) is 3. The lowest BCUT2D eigenvalue weighted by molar-refractivity contribution is -0.0193. The standard InChI is InChI=1S/C16H21ClN2O2/c1-4-21-13-7-11(8-13)19-15-6-5-12(20-3)9-14(15)18-16(19)10(2)17/h5-6,9-11,13H,4,7-8H2,1-3H3. The molecular weight excluding hydrogens is 288 g/mol. The van der Waals surface area contributed by atoms with Crippen LogP contribution in [0.2, 0.25) is 0 Å². The van der Waals surface area contributed by atoms with E-state index < -0.39 is 0 Å². The molecule has 2 aromatic rings. The van der Waals surface area contributed by atoms with Crippen LogP contribution in [0.3, 0.4) is 0 Å². The highest BCUT2D eigenvalue weighted by atomic mass is 35.5. The summed E-state index contributed by atoms with van der Waals surface area (Å²) in [5.41, 5.74) is 2.06. The first-order valence-corrected chi connectivity index (χ1v) is 7.89. The molecule has 0 N–H and O–H groups in total. The van der Waals surface area contributed by atoms with Crippen LogP contribution >= 0.6 is 11.6 Å². The highest BCUT2D eigenvalue weighted by Crippen LogP contribution is 2.40. The molecule has 0 radical (unpaired) electrons. The highest BCUT2D eigenvalue weighted by Gasteiger charge is 2.34. The minimum atomic E-state index is -0.116. The predicted octanol–water partition coefficient (Wildman–Crippen LogP) is 4.08. The molecule has 4 nitrogen and oxygen atoms in total. The largest absolute Gasteiger partial charge is 0.497 e. The second-order valence-electron chi connectivity index (χ2n) is 5.51. The SMILES string of the molecule is CCOC1CC(n2c(C(C)Cl)nc3cc(OC)ccc32)C1. The molecule has 1 aromatic heterocycles. The van der Waals surface area contributed by atoms with Crippen molar-refractivity contribution in [1.82, 2.24) is 9.55 Å². The Morgan fingerprint density at radius 3 is 2.81 bits per heavy atom. The van der Waals surface area contributed by atoms with Gasteiger partial charge in [-0.2, -0.15) is 0 Å². The van der Waals surface area contributed by atoms with Gasteiger partial charge in [-0.15, -0.1) is 11.6 Å². The van der Waals surface area contributed by atoms with Crippen LogP contribution in [0.25, 0.3) is 11.0 Å². The summed E-state index contributed by atoms with van der Waals surface area (Å²) in [6, 6.07) is 6.43. The third-order valence-electron chi connectivity index (χ3n) is 4.12. The van der Waals surface area contributed by atoms with Crippen molar-refractivity contribution in [2.24, 2.45) is 0 Å². The lowest BCUT2D eigenvalue weighted by Crippen LogP contribution is -2.34. The van der Waals surface area contributed by atoms with Crippen molar-refractivity contribution in [2.75, 3.05) is 13.7 Å². The van der Waals surface area contributed by atoms with Crippen LogP contribution in [0.5, 0.6) is 5.75 Å². The van der Waals surface area contributed by atoms with Gasteiger partial charge >= 0.3 is 0 Å². The van der Waals surface area contributed by atoms with Gasteiger partial charge in [0.1, 0.15) is 11.6 Å². The molecule has 5 heteroatoms. The van der Waals surface area contributed by atoms with E-state index in [1.54, 1.807) is 7.11 Å². The summed E-state index contributed by atoms with van der Waals surface area (Å²) in [7, 11) is 1.67. The summed E-state index contributed by atoms with van der Waals surface area (Å²) >= 11 is 6.33. The fourth-order valence-corrected chi connectivity index (χ4v) is 3.16. The van der Waals surface area contributed by atoms with Gasteiger partial charge in [0.05, 0.1) is 29.6 Å². The molecule has 114 valence electrons. The molecule has 1 unspecified atom stereocenters. The van der Waals surface area contributed by atoms with Crippen molar-refractivity contribution in [1.29, 1.82) is 0 Å². The van der Waals surface area contributed by atoms with E-state index in [2.05, 4.69) is 10.6 Å². The normalized spacial score (nSPS) is 23.0. The van der Waals surface area contributed by atoms with E-state index in [-0.39, 0.29) is 5.38 Å². The average Bonchev–Trinajstić information content (AvgIpc) is 2.80. The third-order valence-corrected chi connectivity index (χ3v) is 4.31. The second-order valence-corrected chi connectivity index (χ2v) is 6.17. The quantitative estimate of drug-likeness (QED) is 0.781. The molecule has 0 saturated heterocycles. The zero-order valence-electron chi connectivity index (χ0n) is 12.7. The van der Waals surface area contributed by atoms with Crippen molar-refractivity contribution >= 4 is 22.6 Å². The smallest absolute Gasteiger partial charge is 0.127 e. The Morgan fingerprint density at radius 1 is 1.43 bits per heavy atom. The van der Waals surface area contributed by atoms with Gasteiger partial charge in [0.15, 0.2) is 0 Å². The Labute approximate surface area is 130 Å². The average molecular weight is 309 g/mol. The number of hydrogen-bond donors (Lipinski definition) is 0. The summed E-state index contributed by atoms with van der Waals surface area (Å²) in [4.78, 5) is 4.70. The predicted molar refractivity (Wildman–Crippen MR) is 84.2 cm³/mol. The first kappa shape index (κ1) is 14.7. The first-order chi connectivity index (χ1) is 10.1. The number of fused-ring (bicyclic) bond motifs is 1. The maximum Gasteiger partial charge on any atom is 0.127 e. The molecule has 21 heavy (non-hydrogen) atoms. The summed E-state index contributed by atoms with van der Waals surface area (Å²) in [6.07, 6.45) is 2.43. The fraction of sp³-hybridized carbons (Fsp3) is 0.562. The van der Waals surface area contributed by atoms with Gasteiger partial charge in [-0.25, -0.2) is 4.98 Å². The lowest BCUT2D eigenvalue weighted by atomic mass is 9.88. The molecule has 1 aliphatic carbocycles. The van der Waals surface area contributed by atoms with E-state index >= 15 is 0 Å². The zero-order chi connectivity index (χ0) is 15.0. The van der Waals surface area contributed by atoms with Crippen LogP contribution in [0, 0.1) is 0 Å². The van der Waals surface area contributed by atoms with Crippen LogP contribution in [0.15, 0.2) is 18.2 Å². The van der Waals surface area contributed by atoms with E-state index in [9.17, 15) is 0 Å². The molecule has 0 amide bonds. The Kier molecular flexibility index (Phi) is 4.09. The number of aromatic nitrogens is 2.